The van der Waals surface area contributed by atoms with E-state index in [0.29, 0.717) is 5.56 Å². The van der Waals surface area contributed by atoms with E-state index in [0.717, 1.165) is 44.5 Å². The molecule has 0 spiro atoms. The fraction of sp³-hybridized carbons (Fsp3) is 0.429. The molecule has 1 nitrogen and oxygen atoms in total. The molecule has 0 amide bonds. The Bertz CT molecular complexity index is 686. The first-order valence-corrected chi connectivity index (χ1v) is 8.98. The van der Waals surface area contributed by atoms with Gasteiger partial charge in [-0.1, -0.05) is 49.4 Å². The lowest BCUT2D eigenvalue weighted by molar-refractivity contribution is -0.137. The molecule has 1 fully saturated rings. The molecule has 4 heteroatoms. The van der Waals surface area contributed by atoms with Gasteiger partial charge in [-0.05, 0) is 67.6 Å². The van der Waals surface area contributed by atoms with Gasteiger partial charge in [0.2, 0.25) is 0 Å². The highest BCUT2D eigenvalue weighted by Crippen LogP contribution is 2.40. The topological polar surface area (TPSA) is 3.24 Å². The van der Waals surface area contributed by atoms with Crippen LogP contribution in [0.15, 0.2) is 48.5 Å². The molecule has 2 aromatic carbocycles. The molecular weight excluding hydrogens is 323 g/mol. The van der Waals surface area contributed by atoms with Crippen LogP contribution in [0.25, 0.3) is 11.1 Å². The number of halogens is 3. The Balaban J connectivity index is 1.88. The van der Waals surface area contributed by atoms with Crippen LogP contribution in [0.4, 0.5) is 13.2 Å². The quantitative estimate of drug-likeness (QED) is 0.659. The molecule has 0 aliphatic carbocycles. The van der Waals surface area contributed by atoms with E-state index in [-0.39, 0.29) is 11.5 Å². The van der Waals surface area contributed by atoms with Gasteiger partial charge >= 0.3 is 6.18 Å². The largest absolute Gasteiger partial charge is 0.417 e. The lowest BCUT2D eigenvalue weighted by atomic mass is 9.86. The Morgan fingerprint density at radius 1 is 1.00 bits per heavy atom. The van der Waals surface area contributed by atoms with Gasteiger partial charge in [-0.25, -0.2) is 0 Å². The summed E-state index contributed by atoms with van der Waals surface area (Å²) >= 11 is 0. The summed E-state index contributed by atoms with van der Waals surface area (Å²) in [7, 11) is 0. The van der Waals surface area contributed by atoms with Crippen molar-refractivity contribution in [3.63, 3.8) is 0 Å². The molecule has 0 aromatic heterocycles. The molecule has 1 aliphatic rings. The van der Waals surface area contributed by atoms with Gasteiger partial charge in [-0.15, -0.1) is 0 Å². The standard InChI is InChI=1S/C21H24F3N/c1-2-12-25-13-10-16(11-14-25)18-8-9-19(17-6-4-3-5-7-17)20(15-18)21(22,23)24/h3-9,15-16H,2,10-14H2,1H3. The Kier molecular flexibility index (Phi) is 5.48. The Morgan fingerprint density at radius 2 is 1.68 bits per heavy atom. The van der Waals surface area contributed by atoms with E-state index in [1.54, 1.807) is 30.3 Å². The average Bonchev–Trinajstić information content (AvgIpc) is 2.62. The van der Waals surface area contributed by atoms with E-state index in [2.05, 4.69) is 11.8 Å². The van der Waals surface area contributed by atoms with Crippen molar-refractivity contribution in [1.29, 1.82) is 0 Å². The van der Waals surface area contributed by atoms with Gasteiger partial charge in [0.05, 0.1) is 5.56 Å². The van der Waals surface area contributed by atoms with Crippen LogP contribution < -0.4 is 0 Å². The summed E-state index contributed by atoms with van der Waals surface area (Å²) in [6.45, 7) is 5.18. The first kappa shape index (κ1) is 18.0. The number of alkyl halides is 3. The molecule has 0 saturated carbocycles. The summed E-state index contributed by atoms with van der Waals surface area (Å²) in [5.41, 5.74) is 1.18. The van der Waals surface area contributed by atoms with Gasteiger partial charge in [0.1, 0.15) is 0 Å². The van der Waals surface area contributed by atoms with Crippen molar-refractivity contribution < 1.29 is 13.2 Å². The highest BCUT2D eigenvalue weighted by Gasteiger charge is 2.34. The fourth-order valence-corrected chi connectivity index (χ4v) is 3.73. The van der Waals surface area contributed by atoms with Crippen LogP contribution in [0.2, 0.25) is 0 Å². The first-order valence-electron chi connectivity index (χ1n) is 8.98. The van der Waals surface area contributed by atoms with Crippen LogP contribution in [0, 0.1) is 0 Å². The van der Waals surface area contributed by atoms with E-state index in [4.69, 9.17) is 0 Å². The van der Waals surface area contributed by atoms with Gasteiger partial charge in [0, 0.05) is 0 Å². The van der Waals surface area contributed by atoms with E-state index >= 15 is 0 Å². The maximum Gasteiger partial charge on any atom is 0.417 e. The molecule has 0 atom stereocenters. The van der Waals surface area contributed by atoms with Crippen molar-refractivity contribution >= 4 is 0 Å². The number of benzene rings is 2. The van der Waals surface area contributed by atoms with E-state index in [1.807, 2.05) is 12.1 Å². The summed E-state index contributed by atoms with van der Waals surface area (Å²) in [6, 6.07) is 13.7. The molecule has 1 saturated heterocycles. The Morgan fingerprint density at radius 3 is 2.28 bits per heavy atom. The second-order valence-corrected chi connectivity index (χ2v) is 6.78. The molecule has 1 aliphatic heterocycles. The molecule has 2 aromatic rings. The molecule has 134 valence electrons. The zero-order chi connectivity index (χ0) is 17.9. The highest BCUT2D eigenvalue weighted by molar-refractivity contribution is 5.68. The first-order chi connectivity index (χ1) is 12.0. The number of hydrogen-bond acceptors (Lipinski definition) is 1. The Labute approximate surface area is 147 Å². The van der Waals surface area contributed by atoms with Crippen LogP contribution in [0.5, 0.6) is 0 Å². The van der Waals surface area contributed by atoms with Crippen LogP contribution in [-0.2, 0) is 6.18 Å². The maximum absolute atomic E-state index is 13.6. The molecule has 0 unspecified atom stereocenters. The second-order valence-electron chi connectivity index (χ2n) is 6.78. The minimum absolute atomic E-state index is 0.221. The van der Waals surface area contributed by atoms with Crippen LogP contribution in [0.3, 0.4) is 0 Å². The summed E-state index contributed by atoms with van der Waals surface area (Å²) in [4.78, 5) is 2.40. The van der Waals surface area contributed by atoms with Crippen molar-refractivity contribution in [3.05, 3.63) is 59.7 Å². The van der Waals surface area contributed by atoms with Crippen molar-refractivity contribution in [1.82, 2.24) is 4.90 Å². The van der Waals surface area contributed by atoms with E-state index < -0.39 is 11.7 Å². The van der Waals surface area contributed by atoms with Gasteiger partial charge in [0.15, 0.2) is 0 Å². The monoisotopic (exact) mass is 347 g/mol. The summed E-state index contributed by atoms with van der Waals surface area (Å²) in [5, 5.41) is 0. The van der Waals surface area contributed by atoms with Crippen molar-refractivity contribution in [2.24, 2.45) is 0 Å². The normalized spacial score (nSPS) is 17.0. The fourth-order valence-electron chi connectivity index (χ4n) is 3.73. The highest BCUT2D eigenvalue weighted by atomic mass is 19.4. The maximum atomic E-state index is 13.6. The molecule has 0 bridgehead atoms. The number of nitrogens with zero attached hydrogens (tertiary/aromatic N) is 1. The smallest absolute Gasteiger partial charge is 0.303 e. The lowest BCUT2D eigenvalue weighted by Crippen LogP contribution is -2.33. The molecule has 0 N–H and O–H groups in total. The lowest BCUT2D eigenvalue weighted by Gasteiger charge is -2.32. The summed E-state index contributed by atoms with van der Waals surface area (Å²) in [6.07, 6.45) is -1.36. The third-order valence-corrected chi connectivity index (χ3v) is 5.03. The molecule has 0 radical (unpaired) electrons. The van der Waals surface area contributed by atoms with Gasteiger partial charge < -0.3 is 4.90 Å². The SMILES string of the molecule is CCCN1CCC(c2ccc(-c3ccccc3)c(C(F)(F)F)c2)CC1. The van der Waals surface area contributed by atoms with E-state index in [9.17, 15) is 13.2 Å². The minimum Gasteiger partial charge on any atom is -0.303 e. The number of hydrogen-bond donors (Lipinski definition) is 0. The van der Waals surface area contributed by atoms with Crippen LogP contribution >= 0.6 is 0 Å². The second kappa shape index (κ2) is 7.61. The van der Waals surface area contributed by atoms with Crippen LogP contribution in [-0.4, -0.2) is 24.5 Å². The number of piperidine rings is 1. The average molecular weight is 347 g/mol. The third-order valence-electron chi connectivity index (χ3n) is 5.03. The molecule has 25 heavy (non-hydrogen) atoms. The third kappa shape index (κ3) is 4.24. The zero-order valence-electron chi connectivity index (χ0n) is 14.5. The predicted octanol–water partition coefficient (Wildman–Crippen LogP) is 5.96. The number of rotatable bonds is 4. The van der Waals surface area contributed by atoms with Crippen molar-refractivity contribution in [3.8, 4) is 11.1 Å². The predicted molar refractivity (Wildman–Crippen MR) is 95.6 cm³/mol. The molecule has 3 rings (SSSR count). The molecule has 1 heterocycles. The van der Waals surface area contributed by atoms with Gasteiger partial charge in [0.25, 0.3) is 0 Å². The minimum atomic E-state index is -4.34. The summed E-state index contributed by atoms with van der Waals surface area (Å²) < 4.78 is 40.9. The zero-order valence-corrected chi connectivity index (χ0v) is 14.5. The van der Waals surface area contributed by atoms with Crippen molar-refractivity contribution in [2.75, 3.05) is 19.6 Å². The van der Waals surface area contributed by atoms with Crippen LogP contribution in [0.1, 0.15) is 43.2 Å². The van der Waals surface area contributed by atoms with Crippen molar-refractivity contribution in [2.45, 2.75) is 38.3 Å². The van der Waals surface area contributed by atoms with Gasteiger partial charge in [-0.2, -0.15) is 13.2 Å². The Hall–Kier alpha value is -1.81. The van der Waals surface area contributed by atoms with E-state index in [1.165, 1.54) is 6.07 Å². The number of likely N-dealkylation sites (tertiary alicyclic amines) is 1. The molecular formula is C21H24F3N. The summed E-state index contributed by atoms with van der Waals surface area (Å²) in [5.74, 6) is 0.221. The van der Waals surface area contributed by atoms with Gasteiger partial charge in [-0.3, -0.25) is 0 Å².